The molecule has 0 saturated carbocycles. The summed E-state index contributed by atoms with van der Waals surface area (Å²) in [4.78, 5) is 2.46. The molecule has 1 aliphatic heterocycles. The van der Waals surface area contributed by atoms with Gasteiger partial charge in [-0.3, -0.25) is 4.90 Å². The van der Waals surface area contributed by atoms with Crippen LogP contribution in [0.2, 0.25) is 5.02 Å². The molecular weight excluding hydrogens is 268 g/mol. The van der Waals surface area contributed by atoms with Crippen LogP contribution in [0.3, 0.4) is 0 Å². The van der Waals surface area contributed by atoms with Gasteiger partial charge in [-0.25, -0.2) is 0 Å². The van der Waals surface area contributed by atoms with Gasteiger partial charge < -0.3 is 5.32 Å². The monoisotopic (exact) mass is 294 g/mol. The number of halogens is 1. The van der Waals surface area contributed by atoms with Crippen LogP contribution in [-0.4, -0.2) is 31.6 Å². The van der Waals surface area contributed by atoms with Crippen molar-refractivity contribution >= 4 is 11.6 Å². The zero-order chi connectivity index (χ0) is 14.6. The van der Waals surface area contributed by atoms with Gasteiger partial charge in [0, 0.05) is 24.2 Å². The number of nitrogens with one attached hydrogen (secondary N) is 1. The minimum atomic E-state index is 0.356. The molecule has 0 radical (unpaired) electrons. The second-order valence-corrected chi connectivity index (χ2v) is 6.65. The first-order valence-corrected chi connectivity index (χ1v) is 8.11. The van der Waals surface area contributed by atoms with Crippen molar-refractivity contribution in [2.45, 2.75) is 39.2 Å². The summed E-state index contributed by atoms with van der Waals surface area (Å²) in [5, 5.41) is 4.44. The lowest BCUT2D eigenvalue weighted by atomic mass is 9.77. The van der Waals surface area contributed by atoms with Crippen LogP contribution in [0.15, 0.2) is 24.3 Å². The Morgan fingerprint density at radius 2 is 2.15 bits per heavy atom. The predicted octanol–water partition coefficient (Wildman–Crippen LogP) is 4.11. The van der Waals surface area contributed by atoms with E-state index in [0.29, 0.717) is 11.5 Å². The highest BCUT2D eigenvalue weighted by Crippen LogP contribution is 2.34. The van der Waals surface area contributed by atoms with Crippen molar-refractivity contribution in [3.05, 3.63) is 34.9 Å². The Morgan fingerprint density at radius 1 is 1.40 bits per heavy atom. The number of hydrogen-bond acceptors (Lipinski definition) is 2. The van der Waals surface area contributed by atoms with Crippen molar-refractivity contribution in [1.29, 1.82) is 0 Å². The molecule has 1 fully saturated rings. The van der Waals surface area contributed by atoms with E-state index in [1.807, 2.05) is 12.1 Å². The smallest absolute Gasteiger partial charge is 0.0453 e. The molecule has 2 unspecified atom stereocenters. The summed E-state index contributed by atoms with van der Waals surface area (Å²) < 4.78 is 0. The van der Waals surface area contributed by atoms with Gasteiger partial charge in [0.05, 0.1) is 0 Å². The topological polar surface area (TPSA) is 15.3 Å². The maximum absolute atomic E-state index is 6.34. The minimum Gasteiger partial charge on any atom is -0.316 e. The number of benzene rings is 1. The molecule has 112 valence electrons. The largest absolute Gasteiger partial charge is 0.316 e. The molecule has 0 aromatic heterocycles. The van der Waals surface area contributed by atoms with Gasteiger partial charge >= 0.3 is 0 Å². The highest BCUT2D eigenvalue weighted by molar-refractivity contribution is 6.31. The molecule has 0 bridgehead atoms. The molecule has 3 heteroatoms. The van der Waals surface area contributed by atoms with Gasteiger partial charge in [0.1, 0.15) is 0 Å². The van der Waals surface area contributed by atoms with Crippen LogP contribution in [0, 0.1) is 5.41 Å². The summed E-state index contributed by atoms with van der Waals surface area (Å²) in [5.74, 6) is 0. The number of nitrogens with zero attached hydrogens (tertiary/aromatic N) is 1. The molecule has 1 aromatic carbocycles. The van der Waals surface area contributed by atoms with Crippen LogP contribution in [0.4, 0.5) is 0 Å². The number of hydrogen-bond donors (Lipinski definition) is 1. The molecule has 0 spiro atoms. The van der Waals surface area contributed by atoms with Gasteiger partial charge in [-0.1, -0.05) is 36.7 Å². The first-order valence-electron chi connectivity index (χ1n) is 7.73. The van der Waals surface area contributed by atoms with Crippen LogP contribution in [0.25, 0.3) is 0 Å². The standard InChI is InChI=1S/C17H27ClN2/c1-4-17(10-7-11-19-12-17)13-20(3)14(2)15-8-5-6-9-16(15)18/h5-6,8-9,14,19H,4,7,10-13H2,1-3H3. The van der Waals surface area contributed by atoms with Crippen LogP contribution in [0.5, 0.6) is 0 Å². The van der Waals surface area contributed by atoms with Gasteiger partial charge in [0.15, 0.2) is 0 Å². The summed E-state index contributed by atoms with van der Waals surface area (Å²) in [7, 11) is 2.22. The minimum absolute atomic E-state index is 0.356. The fourth-order valence-corrected chi connectivity index (χ4v) is 3.59. The maximum Gasteiger partial charge on any atom is 0.0453 e. The second kappa shape index (κ2) is 6.93. The Kier molecular flexibility index (Phi) is 5.48. The zero-order valence-corrected chi connectivity index (χ0v) is 13.7. The zero-order valence-electron chi connectivity index (χ0n) is 13.0. The van der Waals surface area contributed by atoms with Crippen LogP contribution in [0.1, 0.15) is 44.7 Å². The van der Waals surface area contributed by atoms with Crippen LogP contribution in [-0.2, 0) is 0 Å². The molecule has 2 nitrogen and oxygen atoms in total. The Labute approximate surface area is 128 Å². The highest BCUT2D eigenvalue weighted by atomic mass is 35.5. The van der Waals surface area contributed by atoms with Crippen molar-refractivity contribution in [2.75, 3.05) is 26.7 Å². The van der Waals surface area contributed by atoms with E-state index < -0.39 is 0 Å². The van der Waals surface area contributed by atoms with E-state index in [-0.39, 0.29) is 0 Å². The molecule has 1 aliphatic rings. The SMILES string of the molecule is CCC1(CN(C)C(C)c2ccccc2Cl)CCCNC1. The predicted molar refractivity (Wildman–Crippen MR) is 87.3 cm³/mol. The molecule has 20 heavy (non-hydrogen) atoms. The van der Waals surface area contributed by atoms with Crippen molar-refractivity contribution in [1.82, 2.24) is 10.2 Å². The number of piperidine rings is 1. The molecule has 0 amide bonds. The van der Waals surface area contributed by atoms with E-state index in [1.54, 1.807) is 0 Å². The van der Waals surface area contributed by atoms with E-state index in [4.69, 9.17) is 11.6 Å². The van der Waals surface area contributed by atoms with E-state index in [9.17, 15) is 0 Å². The summed E-state index contributed by atoms with van der Waals surface area (Å²) in [5.41, 5.74) is 1.65. The highest BCUT2D eigenvalue weighted by Gasteiger charge is 2.32. The Bertz CT molecular complexity index is 427. The van der Waals surface area contributed by atoms with E-state index in [1.165, 1.54) is 31.4 Å². The first kappa shape index (κ1) is 15.8. The fourth-order valence-electron chi connectivity index (χ4n) is 3.30. The quantitative estimate of drug-likeness (QED) is 0.879. The second-order valence-electron chi connectivity index (χ2n) is 6.25. The summed E-state index contributed by atoms with van der Waals surface area (Å²) in [6.07, 6.45) is 3.86. The lowest BCUT2D eigenvalue weighted by Gasteiger charge is -2.41. The van der Waals surface area contributed by atoms with Crippen molar-refractivity contribution < 1.29 is 0 Å². The lowest BCUT2D eigenvalue weighted by molar-refractivity contribution is 0.106. The van der Waals surface area contributed by atoms with Crippen molar-refractivity contribution in [3.8, 4) is 0 Å². The molecule has 2 atom stereocenters. The lowest BCUT2D eigenvalue weighted by Crippen LogP contribution is -2.46. The molecule has 1 saturated heterocycles. The third kappa shape index (κ3) is 3.55. The van der Waals surface area contributed by atoms with Gasteiger partial charge in [0.2, 0.25) is 0 Å². The van der Waals surface area contributed by atoms with Gasteiger partial charge in [-0.15, -0.1) is 0 Å². The van der Waals surface area contributed by atoms with Gasteiger partial charge in [-0.2, -0.15) is 0 Å². The van der Waals surface area contributed by atoms with Crippen LogP contribution < -0.4 is 5.32 Å². The van der Waals surface area contributed by atoms with Crippen molar-refractivity contribution in [3.63, 3.8) is 0 Å². The molecule has 1 heterocycles. The fraction of sp³-hybridized carbons (Fsp3) is 0.647. The molecule has 1 N–H and O–H groups in total. The third-order valence-corrected chi connectivity index (χ3v) is 5.26. The Morgan fingerprint density at radius 3 is 2.75 bits per heavy atom. The van der Waals surface area contributed by atoms with E-state index in [0.717, 1.165) is 18.1 Å². The molecule has 1 aromatic rings. The normalized spacial score (nSPS) is 24.9. The Hall–Kier alpha value is -0.570. The average Bonchev–Trinajstić information content (AvgIpc) is 2.48. The first-order chi connectivity index (χ1) is 9.58. The molecule has 2 rings (SSSR count). The van der Waals surface area contributed by atoms with Gasteiger partial charge in [0.25, 0.3) is 0 Å². The Balaban J connectivity index is 2.07. The van der Waals surface area contributed by atoms with E-state index in [2.05, 4.69) is 43.2 Å². The van der Waals surface area contributed by atoms with Crippen molar-refractivity contribution in [2.24, 2.45) is 5.41 Å². The van der Waals surface area contributed by atoms with Crippen LogP contribution >= 0.6 is 11.6 Å². The average molecular weight is 295 g/mol. The third-order valence-electron chi connectivity index (χ3n) is 4.91. The molecule has 0 aliphatic carbocycles. The maximum atomic E-state index is 6.34. The summed E-state index contributed by atoms with van der Waals surface area (Å²) >= 11 is 6.34. The number of rotatable bonds is 5. The van der Waals surface area contributed by atoms with Gasteiger partial charge in [-0.05, 0) is 56.8 Å². The molecular formula is C17H27ClN2. The van der Waals surface area contributed by atoms with E-state index >= 15 is 0 Å². The summed E-state index contributed by atoms with van der Waals surface area (Å²) in [6, 6.07) is 8.55. The summed E-state index contributed by atoms with van der Waals surface area (Å²) in [6.45, 7) is 8.01.